The van der Waals surface area contributed by atoms with Crippen molar-refractivity contribution in [3.63, 3.8) is 0 Å². The predicted molar refractivity (Wildman–Crippen MR) is 89.5 cm³/mol. The fourth-order valence-corrected chi connectivity index (χ4v) is 3.49. The Morgan fingerprint density at radius 3 is 2.32 bits per heavy atom. The van der Waals surface area contributed by atoms with E-state index in [1.165, 1.54) is 10.4 Å². The molecule has 4 heteroatoms. The van der Waals surface area contributed by atoms with Gasteiger partial charge in [-0.05, 0) is 45.1 Å². The smallest absolute Gasteiger partial charge is 0.107 e. The van der Waals surface area contributed by atoms with E-state index in [0.717, 1.165) is 21.0 Å². The van der Waals surface area contributed by atoms with Gasteiger partial charge in [0.25, 0.3) is 0 Å². The molecule has 0 saturated heterocycles. The molecule has 0 saturated carbocycles. The van der Waals surface area contributed by atoms with E-state index < -0.39 is 0 Å². The van der Waals surface area contributed by atoms with E-state index in [4.69, 9.17) is 11.6 Å². The number of nitrogens with one attached hydrogen (secondary N) is 1. The maximum Gasteiger partial charge on any atom is 0.107 e. The Balaban J connectivity index is 2.00. The van der Waals surface area contributed by atoms with Crippen molar-refractivity contribution in [2.45, 2.75) is 32.7 Å². The summed E-state index contributed by atoms with van der Waals surface area (Å²) in [7, 11) is 0. The van der Waals surface area contributed by atoms with Crippen LogP contribution in [0.3, 0.4) is 0 Å². The monoisotopic (exact) mass is 357 g/mol. The molecule has 0 fully saturated rings. The molecule has 0 atom stereocenters. The van der Waals surface area contributed by atoms with Crippen molar-refractivity contribution in [3.8, 4) is 0 Å². The van der Waals surface area contributed by atoms with Crippen LogP contribution >= 0.6 is 38.9 Å². The molecule has 19 heavy (non-hydrogen) atoms. The first kappa shape index (κ1) is 14.9. The van der Waals surface area contributed by atoms with E-state index in [1.54, 1.807) is 11.3 Å². The van der Waals surface area contributed by atoms with Crippen LogP contribution in [0.1, 0.15) is 31.2 Å². The summed E-state index contributed by atoms with van der Waals surface area (Å²) < 4.78 is 1.78. The van der Waals surface area contributed by atoms with E-state index in [1.807, 2.05) is 0 Å². The topological polar surface area (TPSA) is 12.0 Å². The summed E-state index contributed by atoms with van der Waals surface area (Å²) in [6.45, 7) is 7.46. The minimum atomic E-state index is 0.199. The molecule has 1 aromatic heterocycles. The highest BCUT2D eigenvalue weighted by molar-refractivity contribution is 9.10. The molecule has 0 aliphatic heterocycles. The van der Waals surface area contributed by atoms with Gasteiger partial charge in [0.1, 0.15) is 4.34 Å². The van der Waals surface area contributed by atoms with Gasteiger partial charge >= 0.3 is 0 Å². The van der Waals surface area contributed by atoms with Crippen molar-refractivity contribution in [2.75, 3.05) is 5.32 Å². The molecule has 1 aromatic carbocycles. The van der Waals surface area contributed by atoms with Gasteiger partial charge in [0.2, 0.25) is 0 Å². The predicted octanol–water partition coefficient (Wildman–Crippen LogP) is 6.07. The average Bonchev–Trinajstić information content (AvgIpc) is 2.66. The van der Waals surface area contributed by atoms with Gasteiger partial charge in [-0.15, -0.1) is 11.3 Å². The van der Waals surface area contributed by atoms with Gasteiger partial charge < -0.3 is 5.32 Å². The van der Waals surface area contributed by atoms with E-state index >= 15 is 0 Å². The third-order valence-electron chi connectivity index (χ3n) is 2.91. The molecule has 0 radical (unpaired) electrons. The van der Waals surface area contributed by atoms with Gasteiger partial charge in [0, 0.05) is 21.6 Å². The number of anilines is 1. The maximum atomic E-state index is 6.03. The lowest BCUT2D eigenvalue weighted by molar-refractivity contribution is 0.590. The van der Waals surface area contributed by atoms with Gasteiger partial charge in [-0.2, -0.15) is 0 Å². The first-order valence-corrected chi connectivity index (χ1v) is 8.13. The summed E-state index contributed by atoms with van der Waals surface area (Å²) in [4.78, 5) is 1.22. The SMILES string of the molecule is CC(C)(C)c1ccc(NCc2cc(Br)c(Cl)s2)cc1. The number of thiophene rings is 1. The Labute approximate surface area is 132 Å². The molecule has 0 spiro atoms. The number of hydrogen-bond acceptors (Lipinski definition) is 2. The van der Waals surface area contributed by atoms with Crippen LogP contribution in [0.25, 0.3) is 0 Å². The van der Waals surface area contributed by atoms with Crippen molar-refractivity contribution >= 4 is 44.6 Å². The van der Waals surface area contributed by atoms with Crippen molar-refractivity contribution in [1.29, 1.82) is 0 Å². The van der Waals surface area contributed by atoms with E-state index in [9.17, 15) is 0 Å². The second-order valence-electron chi connectivity index (χ2n) is 5.52. The number of rotatable bonds is 3. The summed E-state index contributed by atoms with van der Waals surface area (Å²) >= 11 is 11.0. The molecule has 0 aliphatic carbocycles. The number of hydrogen-bond donors (Lipinski definition) is 1. The van der Waals surface area contributed by atoms with Crippen molar-refractivity contribution in [3.05, 3.63) is 49.6 Å². The summed E-state index contributed by atoms with van der Waals surface area (Å²) in [6.07, 6.45) is 0. The molecule has 0 unspecified atom stereocenters. The molecule has 0 aliphatic rings. The zero-order chi connectivity index (χ0) is 14.0. The zero-order valence-corrected chi connectivity index (χ0v) is 14.4. The molecular weight excluding hydrogens is 342 g/mol. The molecule has 1 heterocycles. The lowest BCUT2D eigenvalue weighted by Gasteiger charge is -2.19. The Morgan fingerprint density at radius 2 is 1.84 bits per heavy atom. The number of benzene rings is 1. The zero-order valence-electron chi connectivity index (χ0n) is 11.3. The molecule has 0 bridgehead atoms. The fraction of sp³-hybridized carbons (Fsp3) is 0.333. The molecular formula is C15H17BrClNS. The number of halogens is 2. The standard InChI is InChI=1S/C15H17BrClNS/c1-15(2,3)10-4-6-11(7-5-10)18-9-12-8-13(16)14(17)19-12/h4-8,18H,9H2,1-3H3. The first-order valence-electron chi connectivity index (χ1n) is 6.14. The first-order chi connectivity index (χ1) is 8.86. The summed E-state index contributed by atoms with van der Waals surface area (Å²) in [5.74, 6) is 0. The molecule has 0 amide bonds. The van der Waals surface area contributed by atoms with Crippen LogP contribution in [-0.2, 0) is 12.0 Å². The van der Waals surface area contributed by atoms with Crippen LogP contribution in [0.4, 0.5) is 5.69 Å². The van der Waals surface area contributed by atoms with Crippen LogP contribution in [0.15, 0.2) is 34.8 Å². The fourth-order valence-electron chi connectivity index (χ4n) is 1.76. The molecule has 2 rings (SSSR count). The third kappa shape index (κ3) is 3.98. The largest absolute Gasteiger partial charge is 0.380 e. The van der Waals surface area contributed by atoms with Gasteiger partial charge in [0.15, 0.2) is 0 Å². The highest BCUT2D eigenvalue weighted by atomic mass is 79.9. The minimum absolute atomic E-state index is 0.199. The van der Waals surface area contributed by atoms with Crippen LogP contribution in [0, 0.1) is 0 Å². The highest BCUT2D eigenvalue weighted by Crippen LogP contribution is 2.32. The van der Waals surface area contributed by atoms with Gasteiger partial charge in [-0.25, -0.2) is 0 Å². The molecule has 2 aromatic rings. The Bertz CT molecular complexity index is 535. The summed E-state index contributed by atoms with van der Waals surface area (Å²) in [6, 6.07) is 10.7. The Morgan fingerprint density at radius 1 is 1.21 bits per heavy atom. The summed E-state index contributed by atoms with van der Waals surface area (Å²) in [5.41, 5.74) is 2.68. The quantitative estimate of drug-likeness (QED) is 0.701. The lowest BCUT2D eigenvalue weighted by Crippen LogP contribution is -2.10. The van der Waals surface area contributed by atoms with Crippen molar-refractivity contribution < 1.29 is 0 Å². The van der Waals surface area contributed by atoms with Gasteiger partial charge in [-0.1, -0.05) is 44.5 Å². The van der Waals surface area contributed by atoms with Gasteiger partial charge in [-0.3, -0.25) is 0 Å². The average molecular weight is 359 g/mol. The van der Waals surface area contributed by atoms with Crippen LogP contribution in [0.2, 0.25) is 4.34 Å². The highest BCUT2D eigenvalue weighted by Gasteiger charge is 2.12. The Hall–Kier alpha value is -0.510. The lowest BCUT2D eigenvalue weighted by atomic mass is 9.87. The van der Waals surface area contributed by atoms with Gasteiger partial charge in [0.05, 0.1) is 0 Å². The second kappa shape index (κ2) is 5.86. The van der Waals surface area contributed by atoms with Crippen LogP contribution < -0.4 is 5.32 Å². The Kier molecular flexibility index (Phi) is 4.59. The van der Waals surface area contributed by atoms with E-state index in [-0.39, 0.29) is 5.41 Å². The molecule has 1 N–H and O–H groups in total. The molecule has 102 valence electrons. The third-order valence-corrected chi connectivity index (χ3v) is 5.39. The minimum Gasteiger partial charge on any atom is -0.380 e. The molecule has 1 nitrogen and oxygen atoms in total. The van der Waals surface area contributed by atoms with Crippen molar-refractivity contribution in [1.82, 2.24) is 0 Å². The summed E-state index contributed by atoms with van der Waals surface area (Å²) in [5, 5.41) is 3.41. The van der Waals surface area contributed by atoms with E-state index in [2.05, 4.69) is 72.3 Å². The second-order valence-corrected chi connectivity index (χ2v) is 8.11. The maximum absolute atomic E-state index is 6.03. The van der Waals surface area contributed by atoms with Crippen LogP contribution in [-0.4, -0.2) is 0 Å². The van der Waals surface area contributed by atoms with E-state index in [0.29, 0.717) is 0 Å². The normalized spacial score (nSPS) is 11.6. The van der Waals surface area contributed by atoms with Crippen molar-refractivity contribution in [2.24, 2.45) is 0 Å². The van der Waals surface area contributed by atoms with Crippen LogP contribution in [0.5, 0.6) is 0 Å².